The summed E-state index contributed by atoms with van der Waals surface area (Å²) in [7, 11) is 0. The average molecular weight is 417 g/mol. The molecule has 0 aliphatic heterocycles. The van der Waals surface area contributed by atoms with Gasteiger partial charge in [0.05, 0.1) is 16.5 Å². The lowest BCUT2D eigenvalue weighted by molar-refractivity contribution is 0.305. The van der Waals surface area contributed by atoms with Crippen LogP contribution in [0.1, 0.15) is 32.6 Å². The number of rotatable bonds is 8. The molecule has 26 heavy (non-hydrogen) atoms. The Balaban J connectivity index is 1.76. The molecule has 0 unspecified atom stereocenters. The third-order valence-corrected chi connectivity index (χ3v) is 4.69. The van der Waals surface area contributed by atoms with Crippen LogP contribution in [0, 0.1) is 0 Å². The number of unbranched alkanes of at least 4 members (excludes halogenated alkanes) is 3. The number of hydrogen-bond donors (Lipinski definition) is 0. The molecule has 136 valence electrons. The maximum absolute atomic E-state index is 12.6. The van der Waals surface area contributed by atoms with Crippen LogP contribution in [0.25, 0.3) is 11.0 Å². The van der Waals surface area contributed by atoms with Crippen molar-refractivity contribution in [1.82, 2.24) is 0 Å². The van der Waals surface area contributed by atoms with Crippen LogP contribution in [0.2, 0.25) is 0 Å². The summed E-state index contributed by atoms with van der Waals surface area (Å²) in [5.41, 5.74) is 0.275. The van der Waals surface area contributed by atoms with Gasteiger partial charge in [0, 0.05) is 6.07 Å². The molecule has 0 saturated heterocycles. The summed E-state index contributed by atoms with van der Waals surface area (Å²) in [5.74, 6) is 1.42. The van der Waals surface area contributed by atoms with E-state index in [4.69, 9.17) is 13.9 Å². The molecule has 0 bridgehead atoms. The van der Waals surface area contributed by atoms with Crippen molar-refractivity contribution in [2.45, 2.75) is 32.6 Å². The Morgan fingerprint density at radius 3 is 2.69 bits per heavy atom. The van der Waals surface area contributed by atoms with Gasteiger partial charge in [-0.25, -0.2) is 0 Å². The van der Waals surface area contributed by atoms with E-state index in [1.54, 1.807) is 24.3 Å². The summed E-state index contributed by atoms with van der Waals surface area (Å²) in [4.78, 5) is 12.6. The van der Waals surface area contributed by atoms with Crippen molar-refractivity contribution >= 4 is 26.9 Å². The summed E-state index contributed by atoms with van der Waals surface area (Å²) in [6, 6.07) is 12.6. The third-order valence-electron chi connectivity index (χ3n) is 4.04. The van der Waals surface area contributed by atoms with Gasteiger partial charge in [-0.1, -0.05) is 38.3 Å². The van der Waals surface area contributed by atoms with Crippen LogP contribution in [-0.2, 0) is 0 Å². The van der Waals surface area contributed by atoms with Crippen molar-refractivity contribution < 1.29 is 13.9 Å². The van der Waals surface area contributed by atoms with Gasteiger partial charge < -0.3 is 13.9 Å². The van der Waals surface area contributed by atoms with E-state index < -0.39 is 0 Å². The minimum atomic E-state index is -0.212. The minimum Gasteiger partial charge on any atom is -0.493 e. The summed E-state index contributed by atoms with van der Waals surface area (Å²) in [6.45, 7) is 2.85. The standard InChI is InChI=1S/C21H21BrO4/c1-2-3-4-7-12-24-15-10-11-16-19(13-15)25-14-20(21(16)23)26-18-9-6-5-8-17(18)22/h5-6,8-11,13-14H,2-4,7,12H2,1H3. The molecule has 0 spiro atoms. The summed E-state index contributed by atoms with van der Waals surface area (Å²) < 4.78 is 17.8. The Kier molecular flexibility index (Phi) is 6.34. The van der Waals surface area contributed by atoms with E-state index in [0.717, 1.165) is 17.3 Å². The highest BCUT2D eigenvalue weighted by Crippen LogP contribution is 2.29. The predicted octanol–water partition coefficient (Wildman–Crippen LogP) is 6.31. The van der Waals surface area contributed by atoms with E-state index in [1.165, 1.54) is 19.1 Å². The van der Waals surface area contributed by atoms with Gasteiger partial charge in [-0.3, -0.25) is 4.79 Å². The fraction of sp³-hybridized carbons (Fsp3) is 0.286. The Morgan fingerprint density at radius 1 is 1.04 bits per heavy atom. The van der Waals surface area contributed by atoms with E-state index in [0.29, 0.717) is 29.1 Å². The van der Waals surface area contributed by atoms with Crippen LogP contribution < -0.4 is 14.9 Å². The molecule has 3 rings (SSSR count). The Bertz CT molecular complexity index is 933. The molecule has 2 aromatic carbocycles. The first-order valence-electron chi connectivity index (χ1n) is 8.80. The zero-order chi connectivity index (χ0) is 18.4. The summed E-state index contributed by atoms with van der Waals surface area (Å²) in [6.07, 6.45) is 5.94. The number of hydrogen-bond acceptors (Lipinski definition) is 4. The van der Waals surface area contributed by atoms with Crippen LogP contribution >= 0.6 is 15.9 Å². The van der Waals surface area contributed by atoms with Crippen molar-refractivity contribution in [2.75, 3.05) is 6.61 Å². The van der Waals surface area contributed by atoms with Gasteiger partial charge in [0.25, 0.3) is 0 Å². The van der Waals surface area contributed by atoms with Crippen molar-refractivity contribution in [3.05, 3.63) is 63.4 Å². The van der Waals surface area contributed by atoms with E-state index in [1.807, 2.05) is 18.2 Å². The molecule has 0 aliphatic carbocycles. The van der Waals surface area contributed by atoms with Crippen molar-refractivity contribution in [3.8, 4) is 17.2 Å². The van der Waals surface area contributed by atoms with Gasteiger partial charge in [-0.15, -0.1) is 0 Å². The monoisotopic (exact) mass is 416 g/mol. The number of halogens is 1. The smallest absolute Gasteiger partial charge is 0.235 e. The lowest BCUT2D eigenvalue weighted by Crippen LogP contribution is -2.05. The topological polar surface area (TPSA) is 48.7 Å². The molecule has 1 heterocycles. The van der Waals surface area contributed by atoms with Crippen LogP contribution in [-0.4, -0.2) is 6.61 Å². The van der Waals surface area contributed by atoms with E-state index >= 15 is 0 Å². The maximum atomic E-state index is 12.6. The molecule has 0 fully saturated rings. The van der Waals surface area contributed by atoms with Gasteiger partial charge in [0.15, 0.2) is 0 Å². The summed E-state index contributed by atoms with van der Waals surface area (Å²) in [5, 5.41) is 0.466. The van der Waals surface area contributed by atoms with E-state index in [2.05, 4.69) is 22.9 Å². The molecule has 4 nitrogen and oxygen atoms in total. The first kappa shape index (κ1) is 18.5. The van der Waals surface area contributed by atoms with E-state index in [-0.39, 0.29) is 11.2 Å². The van der Waals surface area contributed by atoms with Crippen LogP contribution in [0.3, 0.4) is 0 Å². The molecular weight excluding hydrogens is 396 g/mol. The largest absolute Gasteiger partial charge is 0.493 e. The lowest BCUT2D eigenvalue weighted by Gasteiger charge is -2.09. The fourth-order valence-corrected chi connectivity index (χ4v) is 2.98. The lowest BCUT2D eigenvalue weighted by atomic mass is 10.2. The molecule has 3 aromatic rings. The zero-order valence-electron chi connectivity index (χ0n) is 14.7. The molecule has 0 aliphatic rings. The molecular formula is C21H21BrO4. The highest BCUT2D eigenvalue weighted by atomic mass is 79.9. The Labute approximate surface area is 160 Å². The molecule has 5 heteroatoms. The fourth-order valence-electron chi connectivity index (χ4n) is 2.62. The van der Waals surface area contributed by atoms with Gasteiger partial charge in [-0.2, -0.15) is 0 Å². The molecule has 0 amide bonds. The van der Waals surface area contributed by atoms with Crippen molar-refractivity contribution in [2.24, 2.45) is 0 Å². The second-order valence-electron chi connectivity index (χ2n) is 6.03. The van der Waals surface area contributed by atoms with Crippen molar-refractivity contribution in [3.63, 3.8) is 0 Å². The SMILES string of the molecule is CCCCCCOc1ccc2c(=O)c(Oc3ccccc3Br)coc2c1. The number of para-hydroxylation sites is 1. The number of ether oxygens (including phenoxy) is 2. The first-order chi connectivity index (χ1) is 12.7. The van der Waals surface area contributed by atoms with Crippen molar-refractivity contribution in [1.29, 1.82) is 0 Å². The molecule has 0 saturated carbocycles. The molecule has 0 radical (unpaired) electrons. The maximum Gasteiger partial charge on any atom is 0.235 e. The third kappa shape index (κ3) is 4.47. The molecule has 1 aromatic heterocycles. The first-order valence-corrected chi connectivity index (χ1v) is 9.59. The second-order valence-corrected chi connectivity index (χ2v) is 6.88. The molecule has 0 atom stereocenters. The summed E-state index contributed by atoms with van der Waals surface area (Å²) >= 11 is 3.40. The van der Waals surface area contributed by atoms with E-state index in [9.17, 15) is 4.79 Å². The van der Waals surface area contributed by atoms with Gasteiger partial charge in [0.1, 0.15) is 23.3 Å². The quantitative estimate of drug-likeness (QED) is 0.403. The van der Waals surface area contributed by atoms with Gasteiger partial charge >= 0.3 is 0 Å². The molecule has 0 N–H and O–H groups in total. The van der Waals surface area contributed by atoms with Gasteiger partial charge in [-0.05, 0) is 46.6 Å². The second kappa shape index (κ2) is 8.90. The highest BCUT2D eigenvalue weighted by Gasteiger charge is 2.11. The zero-order valence-corrected chi connectivity index (χ0v) is 16.3. The van der Waals surface area contributed by atoms with Crippen LogP contribution in [0.5, 0.6) is 17.2 Å². The van der Waals surface area contributed by atoms with Crippen LogP contribution in [0.15, 0.2) is 62.4 Å². The highest BCUT2D eigenvalue weighted by molar-refractivity contribution is 9.10. The minimum absolute atomic E-state index is 0.151. The number of fused-ring (bicyclic) bond motifs is 1. The van der Waals surface area contributed by atoms with Gasteiger partial charge in [0.2, 0.25) is 11.2 Å². The average Bonchev–Trinajstić information content (AvgIpc) is 2.65. The normalized spacial score (nSPS) is 10.8. The van der Waals surface area contributed by atoms with Crippen LogP contribution in [0.4, 0.5) is 0 Å². The number of benzene rings is 2. The Morgan fingerprint density at radius 2 is 1.88 bits per heavy atom. The predicted molar refractivity (Wildman–Crippen MR) is 106 cm³/mol. The Hall–Kier alpha value is -2.27.